The minimum absolute atomic E-state index is 0.268. The molecular weight excluding hydrogens is 224 g/mol. The molecular formula is C15H28N2O. The first-order valence-electron chi connectivity index (χ1n) is 7.68. The molecule has 2 rings (SSSR count). The van der Waals surface area contributed by atoms with Crippen molar-refractivity contribution >= 4 is 5.91 Å². The number of nitrogens with two attached hydrogens (primary N) is 1. The summed E-state index contributed by atoms with van der Waals surface area (Å²) in [5.41, 5.74) is 5.90. The summed E-state index contributed by atoms with van der Waals surface area (Å²) in [6.45, 7) is 2.28. The van der Waals surface area contributed by atoms with E-state index in [-0.39, 0.29) is 5.91 Å². The summed E-state index contributed by atoms with van der Waals surface area (Å²) in [7, 11) is 0. The summed E-state index contributed by atoms with van der Waals surface area (Å²) in [5.74, 6) is 1.79. The third-order valence-electron chi connectivity index (χ3n) is 4.73. The van der Waals surface area contributed by atoms with Crippen molar-refractivity contribution < 1.29 is 4.79 Å². The van der Waals surface area contributed by atoms with Crippen LogP contribution in [0, 0.1) is 11.8 Å². The van der Waals surface area contributed by atoms with Gasteiger partial charge in [-0.3, -0.25) is 4.79 Å². The molecule has 3 N–H and O–H groups in total. The Labute approximate surface area is 111 Å². The fourth-order valence-electron chi connectivity index (χ4n) is 3.45. The fraction of sp³-hybridized carbons (Fsp3) is 0.933. The van der Waals surface area contributed by atoms with Gasteiger partial charge in [-0.2, -0.15) is 0 Å². The third-order valence-corrected chi connectivity index (χ3v) is 4.73. The van der Waals surface area contributed by atoms with E-state index >= 15 is 0 Å². The second kappa shape index (κ2) is 6.55. The van der Waals surface area contributed by atoms with E-state index in [0.717, 1.165) is 31.1 Å². The lowest BCUT2D eigenvalue weighted by molar-refractivity contribution is -0.122. The summed E-state index contributed by atoms with van der Waals surface area (Å²) in [6.07, 6.45) is 10.1. The van der Waals surface area contributed by atoms with Crippen LogP contribution in [-0.2, 0) is 4.79 Å². The molecule has 0 aromatic carbocycles. The molecule has 0 spiro atoms. The molecule has 2 atom stereocenters. The first kappa shape index (κ1) is 13.9. The number of hydrogen-bond donors (Lipinski definition) is 2. The van der Waals surface area contributed by atoms with E-state index in [9.17, 15) is 4.79 Å². The lowest BCUT2D eigenvalue weighted by Gasteiger charge is -2.25. The number of carbonyl (C=O) groups is 1. The lowest BCUT2D eigenvalue weighted by Crippen LogP contribution is -2.33. The fourth-order valence-corrected chi connectivity index (χ4v) is 3.45. The largest absolute Gasteiger partial charge is 0.353 e. The molecule has 2 aliphatic carbocycles. The van der Waals surface area contributed by atoms with Gasteiger partial charge in [-0.1, -0.05) is 6.92 Å². The molecule has 2 saturated carbocycles. The summed E-state index contributed by atoms with van der Waals surface area (Å²) >= 11 is 0. The minimum atomic E-state index is 0.268. The van der Waals surface area contributed by atoms with Crippen LogP contribution in [0.3, 0.4) is 0 Å². The van der Waals surface area contributed by atoms with E-state index in [0.29, 0.717) is 18.5 Å². The zero-order valence-electron chi connectivity index (χ0n) is 11.7. The van der Waals surface area contributed by atoms with E-state index in [4.69, 9.17) is 5.73 Å². The highest BCUT2D eigenvalue weighted by Crippen LogP contribution is 2.27. The van der Waals surface area contributed by atoms with Crippen LogP contribution in [0.1, 0.15) is 64.7 Å². The number of rotatable bonds is 4. The van der Waals surface area contributed by atoms with Gasteiger partial charge in [-0.25, -0.2) is 0 Å². The molecule has 3 nitrogen and oxygen atoms in total. The molecule has 0 aromatic rings. The standard InChI is InChI=1S/C15H28N2O/c1-11-2-8-14(10-11)17-15(18)9-5-12-3-6-13(16)7-4-12/h11-14H,2-10,16H2,1H3,(H,17,18). The molecule has 3 heteroatoms. The Balaban J connectivity index is 1.60. The van der Waals surface area contributed by atoms with Crippen LogP contribution in [-0.4, -0.2) is 18.0 Å². The highest BCUT2D eigenvalue weighted by molar-refractivity contribution is 5.76. The number of amides is 1. The quantitative estimate of drug-likeness (QED) is 0.808. The van der Waals surface area contributed by atoms with Crippen LogP contribution in [0.4, 0.5) is 0 Å². The summed E-state index contributed by atoms with van der Waals surface area (Å²) in [6, 6.07) is 0.863. The van der Waals surface area contributed by atoms with Crippen molar-refractivity contribution in [3.8, 4) is 0 Å². The molecule has 2 aliphatic rings. The Morgan fingerprint density at radius 2 is 1.89 bits per heavy atom. The zero-order valence-corrected chi connectivity index (χ0v) is 11.7. The van der Waals surface area contributed by atoms with Crippen molar-refractivity contribution in [2.75, 3.05) is 0 Å². The van der Waals surface area contributed by atoms with Gasteiger partial charge in [0.1, 0.15) is 0 Å². The first-order chi connectivity index (χ1) is 8.63. The van der Waals surface area contributed by atoms with Crippen molar-refractivity contribution in [2.45, 2.75) is 76.8 Å². The first-order valence-corrected chi connectivity index (χ1v) is 7.68. The Bertz CT molecular complexity index is 272. The molecule has 2 unspecified atom stereocenters. The second-order valence-corrected chi connectivity index (χ2v) is 6.50. The molecule has 0 saturated heterocycles. The summed E-state index contributed by atoms with van der Waals surface area (Å²) < 4.78 is 0. The summed E-state index contributed by atoms with van der Waals surface area (Å²) in [4.78, 5) is 11.9. The second-order valence-electron chi connectivity index (χ2n) is 6.50. The van der Waals surface area contributed by atoms with Gasteiger partial charge in [0, 0.05) is 18.5 Å². The molecule has 0 bridgehead atoms. The minimum Gasteiger partial charge on any atom is -0.353 e. The molecule has 0 radical (unpaired) electrons. The average molecular weight is 252 g/mol. The van der Waals surface area contributed by atoms with Crippen LogP contribution in [0.15, 0.2) is 0 Å². The van der Waals surface area contributed by atoms with Gasteiger partial charge in [0.15, 0.2) is 0 Å². The van der Waals surface area contributed by atoms with Gasteiger partial charge in [-0.15, -0.1) is 0 Å². The maximum absolute atomic E-state index is 11.9. The molecule has 1 amide bonds. The maximum atomic E-state index is 11.9. The van der Waals surface area contributed by atoms with Gasteiger partial charge in [0.2, 0.25) is 5.91 Å². The summed E-state index contributed by atoms with van der Waals surface area (Å²) in [5, 5.41) is 3.19. The van der Waals surface area contributed by atoms with Crippen molar-refractivity contribution in [3.05, 3.63) is 0 Å². The predicted octanol–water partition coefficient (Wildman–Crippen LogP) is 2.59. The van der Waals surface area contributed by atoms with Gasteiger partial charge in [0.05, 0.1) is 0 Å². The number of nitrogens with one attached hydrogen (secondary N) is 1. The number of carbonyl (C=O) groups excluding carboxylic acids is 1. The Hall–Kier alpha value is -0.570. The highest BCUT2D eigenvalue weighted by Gasteiger charge is 2.23. The highest BCUT2D eigenvalue weighted by atomic mass is 16.1. The van der Waals surface area contributed by atoms with Crippen LogP contribution < -0.4 is 11.1 Å². The van der Waals surface area contributed by atoms with E-state index in [1.165, 1.54) is 32.1 Å². The van der Waals surface area contributed by atoms with Crippen LogP contribution in [0.5, 0.6) is 0 Å². The van der Waals surface area contributed by atoms with Gasteiger partial charge >= 0.3 is 0 Å². The topological polar surface area (TPSA) is 55.1 Å². The molecule has 2 fully saturated rings. The van der Waals surface area contributed by atoms with E-state index in [1.807, 2.05) is 0 Å². The van der Waals surface area contributed by atoms with Gasteiger partial charge in [0.25, 0.3) is 0 Å². The number of hydrogen-bond acceptors (Lipinski definition) is 2. The molecule has 0 aliphatic heterocycles. The van der Waals surface area contributed by atoms with Crippen molar-refractivity contribution in [2.24, 2.45) is 17.6 Å². The SMILES string of the molecule is CC1CCC(NC(=O)CCC2CCC(N)CC2)C1. The monoisotopic (exact) mass is 252 g/mol. The normalized spacial score (nSPS) is 36.6. The van der Waals surface area contributed by atoms with Crippen LogP contribution in [0.2, 0.25) is 0 Å². The molecule has 0 aromatic heterocycles. The maximum Gasteiger partial charge on any atom is 0.220 e. The Morgan fingerprint density at radius 1 is 1.17 bits per heavy atom. The smallest absolute Gasteiger partial charge is 0.220 e. The van der Waals surface area contributed by atoms with Crippen LogP contribution >= 0.6 is 0 Å². The third kappa shape index (κ3) is 4.27. The molecule has 104 valence electrons. The average Bonchev–Trinajstić information content (AvgIpc) is 2.74. The van der Waals surface area contributed by atoms with Crippen LogP contribution in [0.25, 0.3) is 0 Å². The van der Waals surface area contributed by atoms with E-state index < -0.39 is 0 Å². The van der Waals surface area contributed by atoms with Gasteiger partial charge in [-0.05, 0) is 63.2 Å². The lowest BCUT2D eigenvalue weighted by atomic mass is 9.84. The van der Waals surface area contributed by atoms with Crippen molar-refractivity contribution in [3.63, 3.8) is 0 Å². The molecule has 18 heavy (non-hydrogen) atoms. The predicted molar refractivity (Wildman–Crippen MR) is 74.1 cm³/mol. The van der Waals surface area contributed by atoms with Gasteiger partial charge < -0.3 is 11.1 Å². The Kier molecular flexibility index (Phi) is 5.04. The zero-order chi connectivity index (χ0) is 13.0. The Morgan fingerprint density at radius 3 is 2.50 bits per heavy atom. The van der Waals surface area contributed by atoms with E-state index in [1.54, 1.807) is 0 Å². The van der Waals surface area contributed by atoms with E-state index in [2.05, 4.69) is 12.2 Å². The molecule has 0 heterocycles. The van der Waals surface area contributed by atoms with Crippen molar-refractivity contribution in [1.82, 2.24) is 5.32 Å². The van der Waals surface area contributed by atoms with Crippen molar-refractivity contribution in [1.29, 1.82) is 0 Å².